The van der Waals surface area contributed by atoms with Crippen molar-refractivity contribution >= 4 is 0 Å². The molecule has 0 aromatic heterocycles. The lowest BCUT2D eigenvalue weighted by molar-refractivity contribution is 0.334. The van der Waals surface area contributed by atoms with Gasteiger partial charge in [0.2, 0.25) is 0 Å². The predicted molar refractivity (Wildman–Crippen MR) is 39.3 cm³/mol. The molecule has 5 saturated carbocycles. The van der Waals surface area contributed by atoms with E-state index in [9.17, 15) is 0 Å². The smallest absolute Gasteiger partial charge is 0.0315 e. The Morgan fingerprint density at radius 3 is 2.10 bits per heavy atom. The Kier molecular flexibility index (Phi) is 0.522. The SMILES string of the molecule is CC1CC2C3CC4C2C4C13. The molecule has 5 fully saturated rings. The van der Waals surface area contributed by atoms with Gasteiger partial charge < -0.3 is 0 Å². The second-order valence-electron chi connectivity index (χ2n) is 5.17. The standard InChI is InChI=1S/C10H14/c1-4-2-5-6-3-7-9(5)10(7)8(4)6/h4-10H,2-3H2,1H3. The Morgan fingerprint density at radius 1 is 0.800 bits per heavy atom. The van der Waals surface area contributed by atoms with E-state index in [4.69, 9.17) is 0 Å². The Morgan fingerprint density at radius 2 is 1.60 bits per heavy atom. The van der Waals surface area contributed by atoms with Gasteiger partial charge in [-0.25, -0.2) is 0 Å². The van der Waals surface area contributed by atoms with Crippen LogP contribution in [0.2, 0.25) is 0 Å². The van der Waals surface area contributed by atoms with Crippen LogP contribution < -0.4 is 0 Å². The summed E-state index contributed by atoms with van der Waals surface area (Å²) < 4.78 is 0. The van der Waals surface area contributed by atoms with Gasteiger partial charge in [0.15, 0.2) is 0 Å². The quantitative estimate of drug-likeness (QED) is 0.476. The minimum Gasteiger partial charge on any atom is -0.0622 e. The normalized spacial score (nSPS) is 80.7. The molecule has 7 atom stereocenters. The van der Waals surface area contributed by atoms with E-state index in [0.717, 1.165) is 5.92 Å². The van der Waals surface area contributed by atoms with Crippen molar-refractivity contribution < 1.29 is 0 Å². The Hall–Kier alpha value is 0. The molecule has 0 amide bonds. The van der Waals surface area contributed by atoms with Gasteiger partial charge in [-0.3, -0.25) is 0 Å². The molecule has 0 spiro atoms. The van der Waals surface area contributed by atoms with E-state index in [-0.39, 0.29) is 0 Å². The van der Waals surface area contributed by atoms with Gasteiger partial charge in [-0.05, 0) is 54.3 Å². The van der Waals surface area contributed by atoms with Crippen molar-refractivity contribution in [1.82, 2.24) is 0 Å². The molecule has 0 heteroatoms. The first kappa shape index (κ1) is 4.79. The summed E-state index contributed by atoms with van der Waals surface area (Å²) in [7, 11) is 0. The summed E-state index contributed by atoms with van der Waals surface area (Å²) in [4.78, 5) is 0. The molecule has 0 aromatic rings. The molecule has 0 saturated heterocycles. The van der Waals surface area contributed by atoms with E-state index in [1.54, 1.807) is 12.8 Å². The lowest BCUT2D eigenvalue weighted by Crippen LogP contribution is -2.09. The van der Waals surface area contributed by atoms with Crippen LogP contribution in [0.4, 0.5) is 0 Å². The summed E-state index contributed by atoms with van der Waals surface area (Å²) in [5.41, 5.74) is 0. The average Bonchev–Trinajstić information content (AvgIpc) is 2.34. The van der Waals surface area contributed by atoms with Crippen molar-refractivity contribution in [2.45, 2.75) is 19.8 Å². The lowest BCUT2D eigenvalue weighted by Gasteiger charge is -2.15. The van der Waals surface area contributed by atoms with Gasteiger partial charge in [0.25, 0.3) is 0 Å². The average molecular weight is 134 g/mol. The van der Waals surface area contributed by atoms with Gasteiger partial charge >= 0.3 is 0 Å². The van der Waals surface area contributed by atoms with Crippen molar-refractivity contribution in [3.8, 4) is 0 Å². The van der Waals surface area contributed by atoms with Crippen LogP contribution in [0.15, 0.2) is 0 Å². The largest absolute Gasteiger partial charge is 0.0622 e. The number of hydrogen-bond acceptors (Lipinski definition) is 0. The molecule has 5 aliphatic carbocycles. The van der Waals surface area contributed by atoms with E-state index in [1.165, 1.54) is 35.5 Å². The Labute approximate surface area is 62.0 Å². The van der Waals surface area contributed by atoms with Gasteiger partial charge in [-0.1, -0.05) is 6.92 Å². The maximum Gasteiger partial charge on any atom is -0.0315 e. The first-order valence-electron chi connectivity index (χ1n) is 4.88. The summed E-state index contributed by atoms with van der Waals surface area (Å²) in [6.45, 7) is 2.49. The second kappa shape index (κ2) is 1.09. The first-order chi connectivity index (χ1) is 4.88. The van der Waals surface area contributed by atoms with Gasteiger partial charge in [0.05, 0.1) is 0 Å². The molecule has 5 aliphatic rings. The molecule has 6 bridgehead atoms. The summed E-state index contributed by atoms with van der Waals surface area (Å²) in [6.07, 6.45) is 3.25. The van der Waals surface area contributed by atoms with E-state index >= 15 is 0 Å². The van der Waals surface area contributed by atoms with Crippen LogP contribution in [0, 0.1) is 41.4 Å². The lowest BCUT2D eigenvalue weighted by atomic mass is 9.90. The molecular formula is C10H14. The van der Waals surface area contributed by atoms with Gasteiger partial charge in [0, 0.05) is 0 Å². The highest BCUT2D eigenvalue weighted by atomic mass is 14.8. The van der Waals surface area contributed by atoms with Crippen molar-refractivity contribution in [2.24, 2.45) is 41.4 Å². The van der Waals surface area contributed by atoms with Crippen LogP contribution in [0.1, 0.15) is 19.8 Å². The highest BCUT2D eigenvalue weighted by molar-refractivity contribution is 5.24. The molecule has 0 heterocycles. The van der Waals surface area contributed by atoms with Gasteiger partial charge in [-0.15, -0.1) is 0 Å². The third-order valence-corrected chi connectivity index (χ3v) is 5.12. The molecule has 54 valence electrons. The molecule has 0 N–H and O–H groups in total. The highest BCUT2D eigenvalue weighted by Gasteiger charge is 2.76. The van der Waals surface area contributed by atoms with Crippen LogP contribution in [0.5, 0.6) is 0 Å². The van der Waals surface area contributed by atoms with Crippen LogP contribution in [0.3, 0.4) is 0 Å². The van der Waals surface area contributed by atoms with E-state index in [2.05, 4.69) is 6.92 Å². The second-order valence-corrected chi connectivity index (χ2v) is 5.17. The zero-order chi connectivity index (χ0) is 6.46. The third kappa shape index (κ3) is 0.271. The van der Waals surface area contributed by atoms with Crippen molar-refractivity contribution in [3.05, 3.63) is 0 Å². The Bertz CT molecular complexity index is 208. The molecule has 0 radical (unpaired) electrons. The molecule has 7 unspecified atom stereocenters. The van der Waals surface area contributed by atoms with Crippen LogP contribution in [-0.4, -0.2) is 0 Å². The Balaban J connectivity index is 1.93. The van der Waals surface area contributed by atoms with Crippen molar-refractivity contribution in [3.63, 3.8) is 0 Å². The molecule has 0 aliphatic heterocycles. The topological polar surface area (TPSA) is 0 Å². The van der Waals surface area contributed by atoms with Crippen molar-refractivity contribution in [2.75, 3.05) is 0 Å². The minimum atomic E-state index is 1.11. The molecule has 0 aromatic carbocycles. The molecule has 10 heavy (non-hydrogen) atoms. The third-order valence-electron chi connectivity index (χ3n) is 5.12. The highest BCUT2D eigenvalue weighted by Crippen LogP contribution is 2.81. The summed E-state index contributed by atoms with van der Waals surface area (Å²) in [5.74, 6) is 8.59. The fourth-order valence-electron chi connectivity index (χ4n) is 5.11. The summed E-state index contributed by atoms with van der Waals surface area (Å²) in [6, 6.07) is 0. The maximum absolute atomic E-state index is 2.49. The van der Waals surface area contributed by atoms with E-state index < -0.39 is 0 Å². The molecule has 0 nitrogen and oxygen atoms in total. The number of rotatable bonds is 0. The van der Waals surface area contributed by atoms with Crippen LogP contribution in [0.25, 0.3) is 0 Å². The van der Waals surface area contributed by atoms with Crippen LogP contribution >= 0.6 is 0 Å². The minimum absolute atomic E-state index is 1.11. The fourth-order valence-corrected chi connectivity index (χ4v) is 5.11. The zero-order valence-corrected chi connectivity index (χ0v) is 6.46. The zero-order valence-electron chi connectivity index (χ0n) is 6.46. The van der Waals surface area contributed by atoms with E-state index in [0.29, 0.717) is 0 Å². The molecule has 5 rings (SSSR count). The van der Waals surface area contributed by atoms with Gasteiger partial charge in [0.1, 0.15) is 0 Å². The first-order valence-corrected chi connectivity index (χ1v) is 4.88. The molecular weight excluding hydrogens is 120 g/mol. The van der Waals surface area contributed by atoms with Gasteiger partial charge in [-0.2, -0.15) is 0 Å². The van der Waals surface area contributed by atoms with Crippen LogP contribution in [-0.2, 0) is 0 Å². The predicted octanol–water partition coefficient (Wildman–Crippen LogP) is 2.15. The maximum atomic E-state index is 2.49. The monoisotopic (exact) mass is 134 g/mol. The fraction of sp³-hybridized carbons (Fsp3) is 1.00. The van der Waals surface area contributed by atoms with Crippen molar-refractivity contribution in [1.29, 1.82) is 0 Å². The summed E-state index contributed by atoms with van der Waals surface area (Å²) in [5, 5.41) is 0. The number of hydrogen-bond donors (Lipinski definition) is 0. The summed E-state index contributed by atoms with van der Waals surface area (Å²) >= 11 is 0. The van der Waals surface area contributed by atoms with E-state index in [1.807, 2.05) is 0 Å².